The van der Waals surface area contributed by atoms with Crippen molar-refractivity contribution in [3.8, 4) is 5.75 Å². The lowest BCUT2D eigenvalue weighted by molar-refractivity contribution is -0.196. The molecule has 220 valence electrons. The Kier molecular flexibility index (Phi) is 7.00. The van der Waals surface area contributed by atoms with Crippen LogP contribution in [-0.2, 0) is 19.2 Å². The van der Waals surface area contributed by atoms with E-state index in [1.165, 1.54) is 31.1 Å². The Balaban J connectivity index is 1.57. The number of anilines is 2. The first kappa shape index (κ1) is 29.0. The fourth-order valence-corrected chi connectivity index (χ4v) is 6.90. The number of ketones is 4. The molecule has 0 heterocycles. The summed E-state index contributed by atoms with van der Waals surface area (Å²) < 4.78 is 0. The van der Waals surface area contributed by atoms with Crippen molar-refractivity contribution in [2.75, 3.05) is 24.7 Å². The van der Waals surface area contributed by atoms with Gasteiger partial charge in [-0.15, -0.1) is 0 Å². The highest BCUT2D eigenvalue weighted by Crippen LogP contribution is 2.55. The molecule has 2 aromatic carbocycles. The van der Waals surface area contributed by atoms with Crippen LogP contribution in [0.25, 0.3) is 0 Å². The van der Waals surface area contributed by atoms with Gasteiger partial charge in [0.05, 0.1) is 35.2 Å². The van der Waals surface area contributed by atoms with Crippen LogP contribution >= 0.6 is 0 Å². The smallest absolute Gasteiger partial charge is 0.323 e. The van der Waals surface area contributed by atoms with E-state index in [1.54, 1.807) is 37.3 Å². The van der Waals surface area contributed by atoms with E-state index in [0.717, 1.165) is 0 Å². The Morgan fingerprint density at radius 3 is 2.21 bits per heavy atom. The third-order valence-corrected chi connectivity index (χ3v) is 8.77. The van der Waals surface area contributed by atoms with E-state index in [-0.39, 0.29) is 16.8 Å². The summed E-state index contributed by atoms with van der Waals surface area (Å²) in [6.45, 7) is 1.60. The summed E-state index contributed by atoms with van der Waals surface area (Å²) >= 11 is 0. The average Bonchev–Trinajstić information content (AvgIpc) is 2.92. The summed E-state index contributed by atoms with van der Waals surface area (Å²) in [5.41, 5.74) is 2.48. The van der Waals surface area contributed by atoms with Crippen LogP contribution in [0.15, 0.2) is 42.5 Å². The van der Waals surface area contributed by atoms with Gasteiger partial charge in [-0.1, -0.05) is 31.2 Å². The van der Waals surface area contributed by atoms with E-state index in [9.17, 15) is 44.1 Å². The quantitative estimate of drug-likeness (QED) is 0.211. The number of phenolic OH excluding ortho intramolecular Hbond substituents is 1. The number of nitrogens with two attached hydrogens (primary N) is 1. The Morgan fingerprint density at radius 1 is 0.976 bits per heavy atom. The number of aliphatic hydroxyl groups is 2. The molecule has 0 radical (unpaired) electrons. The van der Waals surface area contributed by atoms with Gasteiger partial charge in [-0.25, -0.2) is 4.79 Å². The second-order valence-electron chi connectivity index (χ2n) is 11.2. The zero-order valence-electron chi connectivity index (χ0n) is 22.9. The molecule has 13 heteroatoms. The molecule has 0 aliphatic heterocycles. The van der Waals surface area contributed by atoms with Crippen LogP contribution in [-0.4, -0.2) is 87.1 Å². The molecule has 0 aromatic heterocycles. The number of hydrogen-bond acceptors (Lipinski definition) is 10. The van der Waals surface area contributed by atoms with Gasteiger partial charge in [0.15, 0.2) is 34.7 Å². The third-order valence-electron chi connectivity index (χ3n) is 8.77. The van der Waals surface area contributed by atoms with E-state index in [0.29, 0.717) is 5.69 Å². The number of hydrogen-bond donors (Lipinski definition) is 6. The molecule has 2 saturated carbocycles. The SMILES string of the molecule is C[C@H]1c2ccc(NC(=O)Nc3ccccc3)c(O)c2C(=O)C2C(=O)[C@]3(O)C(=O)C(C(N)=O)C(=O)[C@@H](N(C)C)[C@@H]3[C@@H](O)[C@@H]21. The van der Waals surface area contributed by atoms with Crippen LogP contribution in [0.1, 0.15) is 28.8 Å². The predicted octanol–water partition coefficient (Wildman–Crippen LogP) is 0.0428. The van der Waals surface area contributed by atoms with E-state index in [4.69, 9.17) is 5.73 Å². The summed E-state index contributed by atoms with van der Waals surface area (Å²) in [6, 6.07) is 9.10. The molecule has 0 bridgehead atoms. The molecule has 0 saturated heterocycles. The largest absolute Gasteiger partial charge is 0.505 e. The van der Waals surface area contributed by atoms with Gasteiger partial charge in [-0.2, -0.15) is 0 Å². The summed E-state index contributed by atoms with van der Waals surface area (Å²) in [5.74, 6) is -14.4. The topological polar surface area (TPSA) is 216 Å². The van der Waals surface area contributed by atoms with Crippen molar-refractivity contribution < 1.29 is 44.1 Å². The highest BCUT2D eigenvalue weighted by Gasteiger charge is 2.72. The fraction of sp³-hybridized carbons (Fsp3) is 0.379. The zero-order chi connectivity index (χ0) is 30.8. The average molecular weight is 579 g/mol. The number of carbonyl (C=O) groups is 6. The Hall–Kier alpha value is -4.46. The van der Waals surface area contributed by atoms with Gasteiger partial charge >= 0.3 is 6.03 Å². The molecule has 0 spiro atoms. The number of rotatable bonds is 4. The first-order chi connectivity index (χ1) is 19.7. The monoisotopic (exact) mass is 578 g/mol. The number of amides is 3. The number of fused-ring (bicyclic) bond motifs is 3. The van der Waals surface area contributed by atoms with Crippen molar-refractivity contribution in [2.24, 2.45) is 29.4 Å². The van der Waals surface area contributed by atoms with Crippen molar-refractivity contribution in [2.45, 2.75) is 30.6 Å². The highest BCUT2D eigenvalue weighted by molar-refractivity contribution is 6.32. The maximum Gasteiger partial charge on any atom is 0.323 e. The number of carbonyl (C=O) groups excluding carboxylic acids is 6. The Labute approximate surface area is 239 Å². The molecule has 3 aliphatic carbocycles. The normalized spacial score (nSPS) is 32.1. The predicted molar refractivity (Wildman–Crippen MR) is 147 cm³/mol. The van der Waals surface area contributed by atoms with Crippen molar-refractivity contribution in [3.63, 3.8) is 0 Å². The van der Waals surface area contributed by atoms with E-state index in [2.05, 4.69) is 10.6 Å². The second-order valence-corrected chi connectivity index (χ2v) is 11.2. The molecule has 3 aliphatic rings. The van der Waals surface area contributed by atoms with Crippen LogP contribution in [0.4, 0.5) is 16.2 Å². The lowest BCUT2D eigenvalue weighted by Crippen LogP contribution is -2.77. The minimum Gasteiger partial charge on any atom is -0.505 e. The number of phenols is 1. The number of nitrogens with one attached hydrogen (secondary N) is 2. The van der Waals surface area contributed by atoms with E-state index >= 15 is 0 Å². The molecule has 7 N–H and O–H groups in total. The first-order valence-electron chi connectivity index (χ1n) is 13.2. The third kappa shape index (κ3) is 4.03. The maximum absolute atomic E-state index is 14.0. The molecule has 2 aromatic rings. The number of urea groups is 1. The number of likely N-dealkylation sites (N-methyl/N-ethyl adjacent to an activating group) is 1. The summed E-state index contributed by atoms with van der Waals surface area (Å²) in [5, 5.41) is 39.5. The van der Waals surface area contributed by atoms with Gasteiger partial charge in [0.25, 0.3) is 0 Å². The first-order valence-corrected chi connectivity index (χ1v) is 13.2. The minimum atomic E-state index is -3.09. The lowest BCUT2D eigenvalue weighted by Gasteiger charge is -2.56. The number of primary amides is 1. The molecule has 2 unspecified atom stereocenters. The molecular formula is C29H30N4O9. The van der Waals surface area contributed by atoms with Crippen molar-refractivity contribution in [1.82, 2.24) is 4.90 Å². The van der Waals surface area contributed by atoms with Crippen LogP contribution in [0.2, 0.25) is 0 Å². The number of benzene rings is 2. The molecule has 42 heavy (non-hydrogen) atoms. The Morgan fingerprint density at radius 2 is 1.62 bits per heavy atom. The fourth-order valence-electron chi connectivity index (χ4n) is 6.90. The van der Waals surface area contributed by atoms with Crippen molar-refractivity contribution >= 4 is 46.4 Å². The minimum absolute atomic E-state index is 0.151. The number of aromatic hydroxyl groups is 1. The number of Topliss-reactive ketones (excluding diaryl/α,β-unsaturated/α-hetero) is 4. The van der Waals surface area contributed by atoms with Gasteiger partial charge in [-0.3, -0.25) is 28.9 Å². The number of para-hydroxylation sites is 1. The van der Waals surface area contributed by atoms with Gasteiger partial charge in [0, 0.05) is 11.6 Å². The summed E-state index contributed by atoms with van der Waals surface area (Å²) in [4.78, 5) is 80.5. The zero-order valence-corrected chi connectivity index (χ0v) is 22.9. The van der Waals surface area contributed by atoms with Crippen LogP contribution in [0.5, 0.6) is 5.75 Å². The standard InChI is InChI=1S/C29H30N4O9/c1-11-13-9-10-14(32-28(41)31-12-7-5-4-6-8-12)21(34)16(13)22(35)17-15(11)23(36)19-20(33(2)3)24(37)18(27(30)40)26(39)29(19,42)25(17)38/h4-11,15,17-20,23,34,36,42H,1-3H3,(H2,30,40)(H2,31,32,41)/t11-,15+,17?,18?,19+,20-,23-,29-/m0/s1. The Bertz CT molecular complexity index is 1540. The lowest BCUT2D eigenvalue weighted by atomic mass is 9.49. The molecule has 2 fully saturated rings. The van der Waals surface area contributed by atoms with Gasteiger partial charge < -0.3 is 31.7 Å². The molecular weight excluding hydrogens is 548 g/mol. The van der Waals surface area contributed by atoms with E-state index < -0.39 is 88.2 Å². The summed E-state index contributed by atoms with van der Waals surface area (Å²) in [6.07, 6.45) is -1.73. The van der Waals surface area contributed by atoms with Crippen molar-refractivity contribution in [1.29, 1.82) is 0 Å². The van der Waals surface area contributed by atoms with E-state index in [1.807, 2.05) is 0 Å². The van der Waals surface area contributed by atoms with Gasteiger partial charge in [0.1, 0.15) is 5.75 Å². The van der Waals surface area contributed by atoms with Gasteiger partial charge in [0.2, 0.25) is 5.91 Å². The maximum atomic E-state index is 14.0. The van der Waals surface area contributed by atoms with Crippen LogP contribution in [0.3, 0.4) is 0 Å². The summed E-state index contributed by atoms with van der Waals surface area (Å²) in [7, 11) is 2.84. The second kappa shape index (κ2) is 10.1. The molecule has 3 amide bonds. The number of aliphatic hydroxyl groups excluding tert-OH is 1. The molecule has 13 nitrogen and oxygen atoms in total. The van der Waals surface area contributed by atoms with Gasteiger partial charge in [-0.05, 0) is 43.8 Å². The van der Waals surface area contributed by atoms with Crippen LogP contribution < -0.4 is 16.4 Å². The number of nitrogens with zero attached hydrogens (tertiary/aromatic N) is 1. The highest BCUT2D eigenvalue weighted by atomic mass is 16.3. The van der Waals surface area contributed by atoms with Crippen LogP contribution in [0, 0.1) is 23.7 Å². The van der Waals surface area contributed by atoms with Crippen molar-refractivity contribution in [3.05, 3.63) is 53.6 Å². The molecule has 5 rings (SSSR count). The molecule has 8 atom stereocenters.